The fourth-order valence-electron chi connectivity index (χ4n) is 2.20. The van der Waals surface area contributed by atoms with Gasteiger partial charge in [0, 0.05) is 17.5 Å². The lowest BCUT2D eigenvalue weighted by Crippen LogP contribution is -2.27. The second kappa shape index (κ2) is 5.43. The van der Waals surface area contributed by atoms with Crippen molar-refractivity contribution in [3.05, 3.63) is 18.3 Å². The molecule has 0 spiro atoms. The van der Waals surface area contributed by atoms with Gasteiger partial charge in [-0.1, -0.05) is 0 Å². The van der Waals surface area contributed by atoms with E-state index in [1.54, 1.807) is 6.20 Å². The van der Waals surface area contributed by atoms with E-state index in [1.165, 1.54) is 25.7 Å². The summed E-state index contributed by atoms with van der Waals surface area (Å²) in [6, 6.07) is 4.49. The maximum absolute atomic E-state index is 5.81. The van der Waals surface area contributed by atoms with Crippen molar-refractivity contribution < 1.29 is 0 Å². The molecule has 2 rings (SSSR count). The van der Waals surface area contributed by atoms with Crippen molar-refractivity contribution in [3.63, 3.8) is 0 Å². The van der Waals surface area contributed by atoms with Crippen LogP contribution >= 0.6 is 11.8 Å². The Morgan fingerprint density at radius 1 is 1.38 bits per heavy atom. The number of thioether (sulfide) groups is 1. The van der Waals surface area contributed by atoms with Crippen LogP contribution in [0.25, 0.3) is 0 Å². The summed E-state index contributed by atoms with van der Waals surface area (Å²) in [4.78, 5) is 4.09. The smallest absolute Gasteiger partial charge is 0.146 e. The van der Waals surface area contributed by atoms with Gasteiger partial charge in [0.1, 0.15) is 5.82 Å². The summed E-state index contributed by atoms with van der Waals surface area (Å²) < 4.78 is 0. The molecular weight excluding hydrogens is 218 g/mol. The highest BCUT2D eigenvalue weighted by atomic mass is 32.2. The Morgan fingerprint density at radius 2 is 2.12 bits per heavy atom. The van der Waals surface area contributed by atoms with E-state index in [4.69, 9.17) is 5.73 Å². The molecule has 1 aromatic heterocycles. The molecule has 16 heavy (non-hydrogen) atoms. The minimum absolute atomic E-state index is 0.565. The molecule has 1 fully saturated rings. The maximum Gasteiger partial charge on any atom is 0.146 e. The van der Waals surface area contributed by atoms with E-state index >= 15 is 0 Å². The Balaban J connectivity index is 1.89. The van der Waals surface area contributed by atoms with Crippen molar-refractivity contribution in [2.24, 2.45) is 0 Å². The van der Waals surface area contributed by atoms with Crippen LogP contribution < -0.4 is 11.1 Å². The molecular formula is C12H19N3S. The molecule has 0 bridgehead atoms. The number of rotatable bonds is 3. The summed E-state index contributed by atoms with van der Waals surface area (Å²) in [6.45, 7) is 0. The molecule has 1 heterocycles. The van der Waals surface area contributed by atoms with E-state index in [0.29, 0.717) is 11.9 Å². The van der Waals surface area contributed by atoms with Gasteiger partial charge in [0.15, 0.2) is 0 Å². The van der Waals surface area contributed by atoms with Gasteiger partial charge >= 0.3 is 0 Å². The first-order valence-electron chi connectivity index (χ1n) is 5.79. The van der Waals surface area contributed by atoms with Crippen molar-refractivity contribution >= 4 is 23.3 Å². The van der Waals surface area contributed by atoms with Crippen molar-refractivity contribution in [3.8, 4) is 0 Å². The number of nitrogen functional groups attached to an aromatic ring is 1. The molecule has 0 saturated heterocycles. The van der Waals surface area contributed by atoms with Gasteiger partial charge in [-0.2, -0.15) is 11.8 Å². The van der Waals surface area contributed by atoms with E-state index in [0.717, 1.165) is 10.9 Å². The normalized spacial score (nSPS) is 25.3. The van der Waals surface area contributed by atoms with Crippen molar-refractivity contribution in [2.75, 3.05) is 17.3 Å². The van der Waals surface area contributed by atoms with Gasteiger partial charge in [-0.05, 0) is 44.1 Å². The van der Waals surface area contributed by atoms with Gasteiger partial charge in [-0.15, -0.1) is 0 Å². The molecule has 0 aromatic carbocycles. The fraction of sp³-hybridized carbons (Fsp3) is 0.583. The third-order valence-corrected chi connectivity index (χ3v) is 4.34. The molecule has 3 N–H and O–H groups in total. The molecule has 88 valence electrons. The van der Waals surface area contributed by atoms with Crippen molar-refractivity contribution in [1.29, 1.82) is 0 Å². The van der Waals surface area contributed by atoms with Crippen LogP contribution in [-0.4, -0.2) is 22.5 Å². The second-order valence-electron chi connectivity index (χ2n) is 4.29. The predicted octanol–water partition coefficient (Wildman–Crippen LogP) is 2.75. The van der Waals surface area contributed by atoms with E-state index in [1.807, 2.05) is 23.9 Å². The summed E-state index contributed by atoms with van der Waals surface area (Å²) in [5.41, 5.74) is 6.80. The van der Waals surface area contributed by atoms with E-state index in [2.05, 4.69) is 16.6 Å². The number of anilines is 2. The van der Waals surface area contributed by atoms with Crippen LogP contribution in [0.1, 0.15) is 25.7 Å². The zero-order valence-corrected chi connectivity index (χ0v) is 10.5. The Kier molecular flexibility index (Phi) is 3.93. The van der Waals surface area contributed by atoms with Crippen molar-refractivity contribution in [1.82, 2.24) is 4.98 Å². The number of hydrogen-bond donors (Lipinski definition) is 2. The van der Waals surface area contributed by atoms with Crippen LogP contribution in [0.15, 0.2) is 18.3 Å². The minimum atomic E-state index is 0.565. The third kappa shape index (κ3) is 2.82. The van der Waals surface area contributed by atoms with Gasteiger partial charge < -0.3 is 11.1 Å². The standard InChI is InChI=1S/C12H19N3S/c1-16-10-6-4-9(5-7-10)15-11-3-2-8-14-12(11)13/h2-3,8-10,15H,4-7H2,1H3,(H2,13,14). The van der Waals surface area contributed by atoms with E-state index in [9.17, 15) is 0 Å². The topological polar surface area (TPSA) is 50.9 Å². The van der Waals surface area contributed by atoms with Gasteiger partial charge in [0.05, 0.1) is 5.69 Å². The van der Waals surface area contributed by atoms with E-state index < -0.39 is 0 Å². The highest BCUT2D eigenvalue weighted by molar-refractivity contribution is 7.99. The third-order valence-electron chi connectivity index (χ3n) is 3.21. The molecule has 0 aliphatic heterocycles. The fourth-order valence-corrected chi connectivity index (χ4v) is 2.95. The maximum atomic E-state index is 5.81. The first-order chi connectivity index (χ1) is 7.79. The Hall–Kier alpha value is -0.900. The molecule has 0 unspecified atom stereocenters. The number of nitrogens with two attached hydrogens (primary N) is 1. The van der Waals surface area contributed by atoms with Gasteiger partial charge in [-0.25, -0.2) is 4.98 Å². The zero-order chi connectivity index (χ0) is 11.4. The Bertz CT molecular complexity index is 335. The van der Waals surface area contributed by atoms with Crippen LogP contribution in [0, 0.1) is 0 Å². The minimum Gasteiger partial charge on any atom is -0.382 e. The highest BCUT2D eigenvalue weighted by Gasteiger charge is 2.20. The number of nitrogens with one attached hydrogen (secondary N) is 1. The molecule has 4 heteroatoms. The number of nitrogens with zero attached hydrogens (tertiary/aromatic N) is 1. The molecule has 1 aliphatic carbocycles. The molecule has 1 aromatic rings. The number of hydrogen-bond acceptors (Lipinski definition) is 4. The summed E-state index contributed by atoms with van der Waals surface area (Å²) in [5.74, 6) is 0.606. The van der Waals surface area contributed by atoms with Crippen LogP contribution in [0.4, 0.5) is 11.5 Å². The van der Waals surface area contributed by atoms with Gasteiger partial charge in [0.2, 0.25) is 0 Å². The average Bonchev–Trinajstić information content (AvgIpc) is 2.33. The highest BCUT2D eigenvalue weighted by Crippen LogP contribution is 2.29. The second-order valence-corrected chi connectivity index (χ2v) is 5.43. The van der Waals surface area contributed by atoms with Gasteiger partial charge in [0.25, 0.3) is 0 Å². The first kappa shape index (κ1) is 11.6. The predicted molar refractivity (Wildman–Crippen MR) is 71.8 cm³/mol. The number of pyridine rings is 1. The van der Waals surface area contributed by atoms with Crippen LogP contribution in [0.5, 0.6) is 0 Å². The molecule has 3 nitrogen and oxygen atoms in total. The summed E-state index contributed by atoms with van der Waals surface area (Å²) in [7, 11) is 0. The van der Waals surface area contributed by atoms with Crippen LogP contribution in [-0.2, 0) is 0 Å². The monoisotopic (exact) mass is 237 g/mol. The quantitative estimate of drug-likeness (QED) is 0.848. The lowest BCUT2D eigenvalue weighted by molar-refractivity contribution is 0.473. The molecule has 0 amide bonds. The summed E-state index contributed by atoms with van der Waals surface area (Å²) >= 11 is 1.99. The molecule has 0 radical (unpaired) electrons. The molecule has 0 atom stereocenters. The SMILES string of the molecule is CSC1CCC(Nc2cccnc2N)CC1. The molecule has 1 aliphatic rings. The summed E-state index contributed by atoms with van der Waals surface area (Å²) in [5, 5.41) is 4.35. The number of aromatic nitrogens is 1. The Morgan fingerprint density at radius 3 is 2.75 bits per heavy atom. The largest absolute Gasteiger partial charge is 0.382 e. The Labute approximate surface area is 101 Å². The van der Waals surface area contributed by atoms with Crippen LogP contribution in [0.2, 0.25) is 0 Å². The lowest BCUT2D eigenvalue weighted by atomic mass is 9.95. The molecule has 1 saturated carbocycles. The average molecular weight is 237 g/mol. The first-order valence-corrected chi connectivity index (χ1v) is 7.08. The lowest BCUT2D eigenvalue weighted by Gasteiger charge is -2.28. The zero-order valence-electron chi connectivity index (χ0n) is 9.65. The van der Waals surface area contributed by atoms with Crippen molar-refractivity contribution in [2.45, 2.75) is 37.0 Å². The summed E-state index contributed by atoms with van der Waals surface area (Å²) in [6.07, 6.45) is 9.01. The van der Waals surface area contributed by atoms with Gasteiger partial charge in [-0.3, -0.25) is 0 Å². The van der Waals surface area contributed by atoms with E-state index in [-0.39, 0.29) is 0 Å². The van der Waals surface area contributed by atoms with Crippen LogP contribution in [0.3, 0.4) is 0 Å².